The van der Waals surface area contributed by atoms with Crippen LogP contribution >= 0.6 is 0 Å². The van der Waals surface area contributed by atoms with E-state index in [0.717, 1.165) is 49.1 Å². The fourth-order valence-electron chi connectivity index (χ4n) is 6.18. The summed E-state index contributed by atoms with van der Waals surface area (Å²) in [5.74, 6) is 2.33. The van der Waals surface area contributed by atoms with E-state index in [0.29, 0.717) is 0 Å². The number of nitrogens with zero attached hydrogens (tertiary/aromatic N) is 3. The van der Waals surface area contributed by atoms with Gasteiger partial charge >= 0.3 is 0 Å². The second kappa shape index (κ2) is 8.18. The molecule has 4 nitrogen and oxygen atoms in total. The molecule has 0 spiro atoms. The van der Waals surface area contributed by atoms with Gasteiger partial charge in [-0.05, 0) is 86.2 Å². The van der Waals surface area contributed by atoms with Gasteiger partial charge < -0.3 is 5.21 Å². The van der Waals surface area contributed by atoms with E-state index in [1.54, 1.807) is 6.33 Å². The van der Waals surface area contributed by atoms with Gasteiger partial charge in [0.1, 0.15) is 6.33 Å². The molecule has 0 saturated heterocycles. The van der Waals surface area contributed by atoms with E-state index >= 15 is 0 Å². The van der Waals surface area contributed by atoms with Crippen LogP contribution in [0, 0.1) is 23.2 Å². The van der Waals surface area contributed by atoms with Crippen molar-refractivity contribution >= 4 is 11.3 Å². The highest BCUT2D eigenvalue weighted by atomic mass is 16.4. The van der Waals surface area contributed by atoms with Gasteiger partial charge in [-0.3, -0.25) is 0 Å². The molecular formula is C24H33N3O. The summed E-state index contributed by atoms with van der Waals surface area (Å²) < 4.78 is 0. The summed E-state index contributed by atoms with van der Waals surface area (Å²) in [6.07, 6.45) is 20.7. The first-order valence-corrected chi connectivity index (χ1v) is 11.0. The Morgan fingerprint density at radius 2 is 2.14 bits per heavy atom. The van der Waals surface area contributed by atoms with Gasteiger partial charge in [-0.1, -0.05) is 37.1 Å². The predicted octanol–water partition coefficient (Wildman–Crippen LogP) is 6.04. The summed E-state index contributed by atoms with van der Waals surface area (Å²) in [5, 5.41) is 12.9. The Balaban J connectivity index is 1.47. The zero-order chi connectivity index (χ0) is 19.6. The zero-order valence-corrected chi connectivity index (χ0v) is 17.3. The number of fused-ring (bicyclic) bond motifs is 3. The molecule has 1 N–H and O–H groups in total. The quantitative estimate of drug-likeness (QED) is 0.385. The maximum atomic E-state index is 9.34. The Kier molecular flexibility index (Phi) is 5.65. The topological polar surface area (TPSA) is 58.4 Å². The van der Waals surface area contributed by atoms with Crippen LogP contribution in [0.2, 0.25) is 0 Å². The lowest BCUT2D eigenvalue weighted by Gasteiger charge is -2.50. The molecule has 0 radical (unpaired) electrons. The van der Waals surface area contributed by atoms with E-state index in [-0.39, 0.29) is 5.41 Å². The van der Waals surface area contributed by atoms with Crippen molar-refractivity contribution in [3.05, 3.63) is 42.0 Å². The van der Waals surface area contributed by atoms with Gasteiger partial charge in [-0.15, -0.1) is 0 Å². The Hall–Kier alpha value is -1.97. The molecule has 0 unspecified atom stereocenters. The molecule has 150 valence electrons. The Labute approximate surface area is 168 Å². The van der Waals surface area contributed by atoms with Gasteiger partial charge in [0.15, 0.2) is 0 Å². The van der Waals surface area contributed by atoms with Crippen LogP contribution in [0.5, 0.6) is 0 Å². The molecular weight excluding hydrogens is 346 g/mol. The van der Waals surface area contributed by atoms with Crippen LogP contribution in [-0.2, 0) is 0 Å². The van der Waals surface area contributed by atoms with Crippen LogP contribution in [0.15, 0.2) is 41.6 Å². The van der Waals surface area contributed by atoms with Gasteiger partial charge in [-0.25, -0.2) is 9.97 Å². The Morgan fingerprint density at radius 1 is 1.32 bits per heavy atom. The molecule has 2 fully saturated rings. The van der Waals surface area contributed by atoms with Crippen molar-refractivity contribution in [1.29, 1.82) is 0 Å². The molecule has 1 aromatic rings. The summed E-state index contributed by atoms with van der Waals surface area (Å²) >= 11 is 0. The van der Waals surface area contributed by atoms with Gasteiger partial charge in [-0.2, -0.15) is 0 Å². The van der Waals surface area contributed by atoms with Crippen molar-refractivity contribution in [1.82, 2.24) is 9.97 Å². The van der Waals surface area contributed by atoms with Crippen LogP contribution in [0.1, 0.15) is 77.2 Å². The highest BCUT2D eigenvalue weighted by Gasteiger charge is 2.51. The van der Waals surface area contributed by atoms with Crippen LogP contribution < -0.4 is 0 Å². The molecule has 4 atom stereocenters. The third-order valence-electron chi connectivity index (χ3n) is 7.65. The van der Waals surface area contributed by atoms with Crippen LogP contribution in [0.4, 0.5) is 0 Å². The fraction of sp³-hybridized carbons (Fsp3) is 0.625. The molecule has 1 aromatic heterocycles. The first kappa shape index (κ1) is 19.4. The molecule has 3 aliphatic carbocycles. The normalized spacial score (nSPS) is 34.1. The van der Waals surface area contributed by atoms with E-state index in [1.807, 2.05) is 12.4 Å². The van der Waals surface area contributed by atoms with Gasteiger partial charge in [0.2, 0.25) is 0 Å². The molecule has 0 aliphatic heterocycles. The minimum absolute atomic E-state index is 0.270. The molecule has 2 saturated carbocycles. The Morgan fingerprint density at radius 3 is 2.89 bits per heavy atom. The number of hydrogen-bond donors (Lipinski definition) is 1. The molecule has 4 heteroatoms. The number of aromatic nitrogens is 2. The third kappa shape index (κ3) is 3.54. The van der Waals surface area contributed by atoms with Crippen molar-refractivity contribution in [2.75, 3.05) is 0 Å². The molecule has 28 heavy (non-hydrogen) atoms. The lowest BCUT2D eigenvalue weighted by Crippen LogP contribution is -2.41. The van der Waals surface area contributed by atoms with Gasteiger partial charge in [0, 0.05) is 18.0 Å². The molecule has 0 amide bonds. The molecule has 4 rings (SSSR count). The average Bonchev–Trinajstić information content (AvgIpc) is 3.09. The van der Waals surface area contributed by atoms with Gasteiger partial charge in [0.05, 0.1) is 5.71 Å². The molecule has 3 aliphatic rings. The van der Waals surface area contributed by atoms with Crippen molar-refractivity contribution < 1.29 is 5.21 Å². The number of hydrogen-bond acceptors (Lipinski definition) is 4. The number of allylic oxidation sites excluding steroid dienone is 4. The van der Waals surface area contributed by atoms with E-state index < -0.39 is 0 Å². The lowest BCUT2D eigenvalue weighted by atomic mass is 9.54. The first-order chi connectivity index (χ1) is 13.7. The highest BCUT2D eigenvalue weighted by Crippen LogP contribution is 2.61. The monoisotopic (exact) mass is 379 g/mol. The zero-order valence-electron chi connectivity index (χ0n) is 17.3. The van der Waals surface area contributed by atoms with Crippen LogP contribution in [0.3, 0.4) is 0 Å². The summed E-state index contributed by atoms with van der Waals surface area (Å²) in [6.45, 7) is 4.66. The minimum Gasteiger partial charge on any atom is -0.411 e. The first-order valence-electron chi connectivity index (χ1n) is 11.0. The van der Waals surface area contributed by atoms with E-state index in [4.69, 9.17) is 0 Å². The third-order valence-corrected chi connectivity index (χ3v) is 7.65. The van der Waals surface area contributed by atoms with Crippen molar-refractivity contribution in [3.63, 3.8) is 0 Å². The predicted molar refractivity (Wildman–Crippen MR) is 113 cm³/mol. The standard InChI is InChI=1S/C24H33N3O/c1-3-4-5-20(27-28)13-17-6-7-21-18(12-17)10-11-24(2)22(8-9-23(21)24)19-14-25-16-26-15-19/h8,13-16,18,21,23,28H,3-7,9-12H2,1-2H3/b17-13-,27-20+/t18-,21-,23+,24-/m1/s1. The van der Waals surface area contributed by atoms with Crippen LogP contribution in [0.25, 0.3) is 5.57 Å². The number of unbranched alkanes of at least 4 members (excludes halogenated alkanes) is 1. The van der Waals surface area contributed by atoms with Crippen molar-refractivity contribution in [2.45, 2.75) is 71.6 Å². The van der Waals surface area contributed by atoms with E-state index in [1.165, 1.54) is 48.8 Å². The number of oxime groups is 1. The Bertz CT molecular complexity index is 782. The van der Waals surface area contributed by atoms with Crippen molar-refractivity contribution in [3.8, 4) is 0 Å². The largest absolute Gasteiger partial charge is 0.411 e. The van der Waals surface area contributed by atoms with E-state index in [9.17, 15) is 5.21 Å². The minimum atomic E-state index is 0.270. The SMILES string of the molecule is CCCCC(/C=C1/CC[C@@H]2[C@H](CC[C@]3(C)C(c4cncnc4)=CC[C@@H]23)C1)=N\O. The van der Waals surface area contributed by atoms with E-state index in [2.05, 4.69) is 41.1 Å². The summed E-state index contributed by atoms with van der Waals surface area (Å²) in [4.78, 5) is 8.51. The maximum absolute atomic E-state index is 9.34. The molecule has 1 heterocycles. The lowest BCUT2D eigenvalue weighted by molar-refractivity contribution is 0.0495. The number of rotatable bonds is 5. The van der Waals surface area contributed by atoms with Crippen molar-refractivity contribution in [2.24, 2.45) is 28.3 Å². The molecule has 0 aromatic carbocycles. The smallest absolute Gasteiger partial charge is 0.115 e. The highest BCUT2D eigenvalue weighted by molar-refractivity contribution is 5.95. The second-order valence-corrected chi connectivity index (χ2v) is 9.21. The second-order valence-electron chi connectivity index (χ2n) is 9.21. The fourth-order valence-corrected chi connectivity index (χ4v) is 6.18. The average molecular weight is 380 g/mol. The molecule has 0 bridgehead atoms. The summed E-state index contributed by atoms with van der Waals surface area (Å²) in [7, 11) is 0. The van der Waals surface area contributed by atoms with Gasteiger partial charge in [0.25, 0.3) is 0 Å². The van der Waals surface area contributed by atoms with Crippen LogP contribution in [-0.4, -0.2) is 20.9 Å². The maximum Gasteiger partial charge on any atom is 0.115 e. The summed E-state index contributed by atoms with van der Waals surface area (Å²) in [5.41, 5.74) is 5.32. The summed E-state index contributed by atoms with van der Waals surface area (Å²) in [6, 6.07) is 0.